The molecule has 1 fully saturated rings. The largest absolute Gasteiger partial charge is 0.452 e. The molecule has 0 saturated heterocycles. The van der Waals surface area contributed by atoms with Crippen LogP contribution in [0, 0.1) is 13.8 Å². The second-order valence-electron chi connectivity index (χ2n) is 7.10. The zero-order chi connectivity index (χ0) is 22.1. The quantitative estimate of drug-likeness (QED) is 0.598. The topological polar surface area (TPSA) is 102 Å². The van der Waals surface area contributed by atoms with Crippen molar-refractivity contribution in [2.75, 3.05) is 11.9 Å². The lowest BCUT2D eigenvalue weighted by Crippen LogP contribution is -2.26. The Labute approximate surface area is 184 Å². The van der Waals surface area contributed by atoms with Crippen molar-refractivity contribution in [1.29, 1.82) is 0 Å². The fraction of sp³-hybridized carbons (Fsp3) is 0.300. The molecule has 0 bridgehead atoms. The van der Waals surface area contributed by atoms with Crippen molar-refractivity contribution >= 4 is 50.8 Å². The molecule has 160 valence electrons. The predicted octanol–water partition coefficient (Wildman–Crippen LogP) is 3.85. The van der Waals surface area contributed by atoms with Crippen LogP contribution in [0.2, 0.25) is 10.0 Å². The number of esters is 1. The van der Waals surface area contributed by atoms with Crippen molar-refractivity contribution in [2.24, 2.45) is 0 Å². The van der Waals surface area contributed by atoms with E-state index < -0.39 is 28.5 Å². The summed E-state index contributed by atoms with van der Waals surface area (Å²) in [6.07, 6.45) is 1.49. The fourth-order valence-electron chi connectivity index (χ4n) is 2.64. The van der Waals surface area contributed by atoms with Gasteiger partial charge in [-0.05, 0) is 56.0 Å². The van der Waals surface area contributed by atoms with Gasteiger partial charge >= 0.3 is 5.97 Å². The van der Waals surface area contributed by atoms with Crippen molar-refractivity contribution in [3.8, 4) is 0 Å². The van der Waals surface area contributed by atoms with Gasteiger partial charge in [0.1, 0.15) is 4.90 Å². The van der Waals surface area contributed by atoms with E-state index in [0.717, 1.165) is 36.1 Å². The molecule has 7 nitrogen and oxygen atoms in total. The number of carbonyl (C=O) groups is 2. The molecule has 0 aliphatic heterocycles. The third kappa shape index (κ3) is 5.51. The summed E-state index contributed by atoms with van der Waals surface area (Å²) in [5, 5.41) is 2.48. The zero-order valence-electron chi connectivity index (χ0n) is 16.3. The Bertz CT molecular complexity index is 1110. The van der Waals surface area contributed by atoms with Crippen LogP contribution in [0.4, 0.5) is 5.69 Å². The number of ether oxygens (including phenoxy) is 1. The highest BCUT2D eigenvalue weighted by Crippen LogP contribution is 2.31. The molecule has 2 aromatic rings. The minimum Gasteiger partial charge on any atom is -0.452 e. The van der Waals surface area contributed by atoms with E-state index in [1.165, 1.54) is 0 Å². The molecule has 30 heavy (non-hydrogen) atoms. The average molecular weight is 471 g/mol. The molecule has 1 aliphatic rings. The number of benzene rings is 2. The van der Waals surface area contributed by atoms with Gasteiger partial charge in [-0.2, -0.15) is 0 Å². The predicted molar refractivity (Wildman–Crippen MR) is 115 cm³/mol. The Hall–Kier alpha value is -2.13. The number of nitrogens with one attached hydrogen (secondary N) is 2. The van der Waals surface area contributed by atoms with Crippen LogP contribution in [0.3, 0.4) is 0 Å². The standard InChI is InChI=1S/C20H20Cl2N2O5S/c1-11-3-4-12(2)17(7-11)23-19(25)10-29-20(26)14-8-18(16(22)9-15(14)21)30(27,28)24-13-5-6-13/h3-4,7-9,13,24H,5-6,10H2,1-2H3,(H,23,25). The molecule has 10 heteroatoms. The van der Waals surface area contributed by atoms with Gasteiger partial charge in [-0.15, -0.1) is 0 Å². The van der Waals surface area contributed by atoms with Gasteiger partial charge in [-0.1, -0.05) is 35.3 Å². The average Bonchev–Trinajstić information content (AvgIpc) is 3.46. The summed E-state index contributed by atoms with van der Waals surface area (Å²) >= 11 is 12.1. The zero-order valence-corrected chi connectivity index (χ0v) is 18.6. The van der Waals surface area contributed by atoms with Gasteiger partial charge < -0.3 is 10.1 Å². The van der Waals surface area contributed by atoms with Gasteiger partial charge in [0.2, 0.25) is 10.0 Å². The normalized spacial score (nSPS) is 13.7. The number of rotatable bonds is 7. The summed E-state index contributed by atoms with van der Waals surface area (Å²) in [6, 6.07) is 7.66. The summed E-state index contributed by atoms with van der Waals surface area (Å²) in [5.41, 5.74) is 2.24. The first-order valence-electron chi connectivity index (χ1n) is 9.12. The Morgan fingerprint density at radius 1 is 1.10 bits per heavy atom. The van der Waals surface area contributed by atoms with E-state index >= 15 is 0 Å². The van der Waals surface area contributed by atoms with Gasteiger partial charge in [-0.25, -0.2) is 17.9 Å². The van der Waals surface area contributed by atoms with Crippen LogP contribution in [0.15, 0.2) is 35.2 Å². The second kappa shape index (κ2) is 8.93. The van der Waals surface area contributed by atoms with Gasteiger partial charge in [0, 0.05) is 11.7 Å². The Morgan fingerprint density at radius 2 is 1.80 bits per heavy atom. The molecule has 3 rings (SSSR count). The fourth-order valence-corrected chi connectivity index (χ4v) is 4.80. The monoisotopic (exact) mass is 470 g/mol. The maximum absolute atomic E-state index is 12.5. The first kappa shape index (κ1) is 22.6. The summed E-state index contributed by atoms with van der Waals surface area (Å²) in [7, 11) is -3.91. The highest BCUT2D eigenvalue weighted by molar-refractivity contribution is 7.89. The number of aryl methyl sites for hydroxylation is 2. The van der Waals surface area contributed by atoms with Gasteiger partial charge in [0.25, 0.3) is 5.91 Å². The molecular formula is C20H20Cl2N2O5S. The van der Waals surface area contributed by atoms with Crippen molar-refractivity contribution in [3.05, 3.63) is 57.1 Å². The minimum absolute atomic E-state index is 0.0784. The number of carbonyl (C=O) groups excluding carboxylic acids is 2. The smallest absolute Gasteiger partial charge is 0.340 e. The van der Waals surface area contributed by atoms with E-state index in [0.29, 0.717) is 5.69 Å². The maximum atomic E-state index is 12.5. The highest BCUT2D eigenvalue weighted by atomic mass is 35.5. The molecule has 2 aromatic carbocycles. The Morgan fingerprint density at radius 3 is 2.47 bits per heavy atom. The van der Waals surface area contributed by atoms with E-state index in [2.05, 4.69) is 10.0 Å². The molecule has 1 saturated carbocycles. The summed E-state index contributed by atoms with van der Waals surface area (Å²) in [4.78, 5) is 24.3. The number of halogens is 2. The number of anilines is 1. The van der Waals surface area contributed by atoms with Crippen LogP contribution in [-0.2, 0) is 19.6 Å². The molecule has 0 radical (unpaired) electrons. The summed E-state index contributed by atoms with van der Waals surface area (Å²) < 4.78 is 32.4. The Balaban J connectivity index is 1.71. The third-order valence-corrected chi connectivity index (χ3v) is 6.73. The minimum atomic E-state index is -3.91. The maximum Gasteiger partial charge on any atom is 0.340 e. The second-order valence-corrected chi connectivity index (χ2v) is 9.60. The molecule has 2 N–H and O–H groups in total. The molecular weight excluding hydrogens is 451 g/mol. The molecule has 0 atom stereocenters. The summed E-state index contributed by atoms with van der Waals surface area (Å²) in [5.74, 6) is -1.47. The van der Waals surface area contributed by atoms with E-state index in [1.807, 2.05) is 26.0 Å². The van der Waals surface area contributed by atoms with Crippen molar-refractivity contribution in [2.45, 2.75) is 37.6 Å². The summed E-state index contributed by atoms with van der Waals surface area (Å²) in [6.45, 7) is 3.17. The van der Waals surface area contributed by atoms with Crippen LogP contribution >= 0.6 is 23.2 Å². The van der Waals surface area contributed by atoms with Crippen molar-refractivity contribution in [1.82, 2.24) is 4.72 Å². The van der Waals surface area contributed by atoms with E-state index in [4.69, 9.17) is 27.9 Å². The van der Waals surface area contributed by atoms with Crippen LogP contribution < -0.4 is 10.0 Å². The number of hydrogen-bond donors (Lipinski definition) is 2. The molecule has 1 amide bonds. The van der Waals surface area contributed by atoms with Crippen LogP contribution in [-0.4, -0.2) is 32.9 Å². The SMILES string of the molecule is Cc1ccc(C)c(NC(=O)COC(=O)c2cc(S(=O)(=O)NC3CC3)c(Cl)cc2Cl)c1. The third-order valence-electron chi connectivity index (χ3n) is 4.43. The van der Waals surface area contributed by atoms with Crippen LogP contribution in [0.25, 0.3) is 0 Å². The van der Waals surface area contributed by atoms with E-state index in [9.17, 15) is 18.0 Å². The number of hydrogen-bond acceptors (Lipinski definition) is 5. The highest BCUT2D eigenvalue weighted by Gasteiger charge is 2.30. The lowest BCUT2D eigenvalue weighted by Gasteiger charge is -2.12. The van der Waals surface area contributed by atoms with E-state index in [-0.39, 0.29) is 26.5 Å². The Kier molecular flexibility index (Phi) is 6.71. The van der Waals surface area contributed by atoms with E-state index in [1.54, 1.807) is 6.07 Å². The first-order valence-corrected chi connectivity index (χ1v) is 11.4. The number of sulfonamides is 1. The van der Waals surface area contributed by atoms with Crippen LogP contribution in [0.5, 0.6) is 0 Å². The van der Waals surface area contributed by atoms with Crippen molar-refractivity contribution in [3.63, 3.8) is 0 Å². The molecule has 0 spiro atoms. The first-order chi connectivity index (χ1) is 14.1. The molecule has 0 heterocycles. The van der Waals surface area contributed by atoms with Gasteiger partial charge in [0.15, 0.2) is 6.61 Å². The molecule has 1 aliphatic carbocycles. The lowest BCUT2D eigenvalue weighted by atomic mass is 10.1. The van der Waals surface area contributed by atoms with Gasteiger partial charge in [-0.3, -0.25) is 4.79 Å². The molecule has 0 aromatic heterocycles. The lowest BCUT2D eigenvalue weighted by molar-refractivity contribution is -0.119. The van der Waals surface area contributed by atoms with Crippen LogP contribution in [0.1, 0.15) is 34.3 Å². The van der Waals surface area contributed by atoms with Gasteiger partial charge in [0.05, 0.1) is 15.6 Å². The number of amides is 1. The molecule has 0 unspecified atom stereocenters. The van der Waals surface area contributed by atoms with Crippen molar-refractivity contribution < 1.29 is 22.7 Å².